The van der Waals surface area contributed by atoms with Gasteiger partial charge in [0, 0.05) is 26.3 Å². The standard InChI is InChI=1S/C12H17ClN4O/c1-3-17(12(14-2)9-16-18)7-6-10-4-5-11(13)15-8-10/h4-5,8-9,14H,3,6-7H2,1-2H3/b12-9+. The van der Waals surface area contributed by atoms with E-state index in [2.05, 4.69) is 15.5 Å². The number of nitrogens with one attached hydrogen (secondary N) is 1. The number of hydrogen-bond acceptors (Lipinski definition) is 5. The summed E-state index contributed by atoms with van der Waals surface area (Å²) in [5, 5.41) is 6.24. The zero-order valence-corrected chi connectivity index (χ0v) is 11.3. The monoisotopic (exact) mass is 268 g/mol. The first-order valence-electron chi connectivity index (χ1n) is 5.77. The molecule has 5 nitrogen and oxygen atoms in total. The minimum absolute atomic E-state index is 0.493. The van der Waals surface area contributed by atoms with E-state index in [-0.39, 0.29) is 0 Å². The lowest BCUT2D eigenvalue weighted by Crippen LogP contribution is -2.31. The van der Waals surface area contributed by atoms with Crippen molar-refractivity contribution in [3.8, 4) is 0 Å². The van der Waals surface area contributed by atoms with Crippen molar-refractivity contribution in [3.63, 3.8) is 0 Å². The van der Waals surface area contributed by atoms with Crippen molar-refractivity contribution in [2.75, 3.05) is 20.1 Å². The molecule has 0 atom stereocenters. The average molecular weight is 269 g/mol. The van der Waals surface area contributed by atoms with E-state index >= 15 is 0 Å². The summed E-state index contributed by atoms with van der Waals surface area (Å²) in [7, 11) is 1.77. The Bertz CT molecular complexity index is 405. The second-order valence-corrected chi connectivity index (χ2v) is 4.08. The van der Waals surface area contributed by atoms with Crippen molar-refractivity contribution in [2.24, 2.45) is 5.18 Å². The minimum Gasteiger partial charge on any atom is -0.373 e. The highest BCUT2D eigenvalue weighted by atomic mass is 35.5. The van der Waals surface area contributed by atoms with Gasteiger partial charge >= 0.3 is 0 Å². The third-order valence-electron chi connectivity index (χ3n) is 2.61. The maximum absolute atomic E-state index is 10.3. The van der Waals surface area contributed by atoms with Crippen LogP contribution in [-0.2, 0) is 6.42 Å². The minimum atomic E-state index is 0.493. The molecule has 1 heterocycles. The van der Waals surface area contributed by atoms with E-state index in [1.165, 1.54) is 6.20 Å². The molecule has 6 heteroatoms. The second kappa shape index (κ2) is 7.66. The van der Waals surface area contributed by atoms with Gasteiger partial charge in [0.25, 0.3) is 0 Å². The van der Waals surface area contributed by atoms with Gasteiger partial charge in [-0.3, -0.25) is 0 Å². The van der Waals surface area contributed by atoms with Crippen LogP contribution in [0, 0.1) is 4.91 Å². The van der Waals surface area contributed by atoms with E-state index in [0.29, 0.717) is 5.15 Å². The molecule has 0 unspecified atom stereocenters. The van der Waals surface area contributed by atoms with Crippen LogP contribution in [0.4, 0.5) is 0 Å². The lowest BCUT2D eigenvalue weighted by molar-refractivity contribution is 0.344. The van der Waals surface area contributed by atoms with Gasteiger partial charge in [-0.2, -0.15) is 0 Å². The predicted octanol–water partition coefficient (Wildman–Crippen LogP) is 2.38. The van der Waals surface area contributed by atoms with Gasteiger partial charge in [-0.1, -0.05) is 17.7 Å². The Morgan fingerprint density at radius 2 is 2.39 bits per heavy atom. The van der Waals surface area contributed by atoms with Gasteiger partial charge in [0.2, 0.25) is 0 Å². The molecule has 18 heavy (non-hydrogen) atoms. The van der Waals surface area contributed by atoms with Crippen LogP contribution in [0.25, 0.3) is 0 Å². The van der Waals surface area contributed by atoms with Gasteiger partial charge in [-0.25, -0.2) is 4.98 Å². The number of rotatable bonds is 7. The number of pyridine rings is 1. The zero-order chi connectivity index (χ0) is 13.4. The first-order chi connectivity index (χ1) is 8.71. The Balaban J connectivity index is 2.61. The predicted molar refractivity (Wildman–Crippen MR) is 73.1 cm³/mol. The fraction of sp³-hybridized carbons (Fsp3) is 0.417. The molecule has 1 aromatic rings. The third kappa shape index (κ3) is 4.33. The van der Waals surface area contributed by atoms with E-state index in [4.69, 9.17) is 11.6 Å². The topological polar surface area (TPSA) is 57.6 Å². The fourth-order valence-corrected chi connectivity index (χ4v) is 1.73. The van der Waals surface area contributed by atoms with Gasteiger partial charge in [-0.15, -0.1) is 4.91 Å². The molecular weight excluding hydrogens is 252 g/mol. The van der Waals surface area contributed by atoms with Gasteiger partial charge in [0.05, 0.1) is 0 Å². The average Bonchev–Trinajstić information content (AvgIpc) is 2.40. The molecule has 0 aliphatic rings. The Labute approximate surface area is 112 Å². The quantitative estimate of drug-likeness (QED) is 0.609. The number of nitrogens with zero attached hydrogens (tertiary/aromatic N) is 3. The Hall–Kier alpha value is -1.62. The third-order valence-corrected chi connectivity index (χ3v) is 2.84. The molecule has 0 aliphatic heterocycles. The van der Waals surface area contributed by atoms with Crippen molar-refractivity contribution >= 4 is 11.6 Å². The van der Waals surface area contributed by atoms with Gasteiger partial charge in [0.15, 0.2) is 0 Å². The smallest absolute Gasteiger partial charge is 0.129 e. The van der Waals surface area contributed by atoms with Gasteiger partial charge in [-0.05, 0) is 30.2 Å². The molecule has 1 aromatic heterocycles. The molecule has 0 spiro atoms. The van der Waals surface area contributed by atoms with E-state index in [0.717, 1.165) is 30.9 Å². The highest BCUT2D eigenvalue weighted by Gasteiger charge is 2.06. The summed E-state index contributed by atoms with van der Waals surface area (Å²) in [6.45, 7) is 3.60. The number of hydrogen-bond donors (Lipinski definition) is 1. The highest BCUT2D eigenvalue weighted by Crippen LogP contribution is 2.08. The van der Waals surface area contributed by atoms with Crippen LogP contribution < -0.4 is 5.32 Å². The maximum atomic E-state index is 10.3. The zero-order valence-electron chi connectivity index (χ0n) is 10.6. The summed E-state index contributed by atoms with van der Waals surface area (Å²) in [6.07, 6.45) is 3.87. The molecular formula is C12H17ClN4O. The van der Waals surface area contributed by atoms with E-state index in [1.807, 2.05) is 17.9 Å². The first kappa shape index (κ1) is 14.4. The summed E-state index contributed by atoms with van der Waals surface area (Å²) in [4.78, 5) is 16.4. The lowest BCUT2D eigenvalue weighted by atomic mass is 10.2. The molecule has 0 aromatic carbocycles. The van der Waals surface area contributed by atoms with Crippen LogP contribution in [0.2, 0.25) is 5.15 Å². The maximum Gasteiger partial charge on any atom is 0.129 e. The van der Waals surface area contributed by atoms with Crippen LogP contribution in [0.15, 0.2) is 35.5 Å². The molecule has 0 saturated carbocycles. The van der Waals surface area contributed by atoms with Crippen molar-refractivity contribution in [3.05, 3.63) is 46.0 Å². The van der Waals surface area contributed by atoms with Crippen LogP contribution in [-0.4, -0.2) is 30.0 Å². The van der Waals surface area contributed by atoms with Crippen molar-refractivity contribution in [1.82, 2.24) is 15.2 Å². The van der Waals surface area contributed by atoms with E-state index < -0.39 is 0 Å². The number of nitroso groups, excluding NO2 is 1. The SMILES string of the molecule is CCN(CCc1ccc(Cl)nc1)/C(=C/N=O)NC. The molecule has 0 radical (unpaired) electrons. The number of aromatic nitrogens is 1. The number of halogens is 1. The molecule has 0 amide bonds. The summed E-state index contributed by atoms with van der Waals surface area (Å²) in [6, 6.07) is 3.72. The molecule has 0 bridgehead atoms. The van der Waals surface area contributed by atoms with E-state index in [9.17, 15) is 4.91 Å². The molecule has 0 aliphatic carbocycles. The second-order valence-electron chi connectivity index (χ2n) is 3.69. The Morgan fingerprint density at radius 3 is 2.89 bits per heavy atom. The van der Waals surface area contributed by atoms with Crippen molar-refractivity contribution in [2.45, 2.75) is 13.3 Å². The van der Waals surface area contributed by atoms with Crippen LogP contribution in [0.5, 0.6) is 0 Å². The Kier molecular flexibility index (Phi) is 6.14. The summed E-state index contributed by atoms with van der Waals surface area (Å²) in [5.74, 6) is 0.717. The normalized spacial score (nSPS) is 11.2. The van der Waals surface area contributed by atoms with Crippen LogP contribution in [0.3, 0.4) is 0 Å². The largest absolute Gasteiger partial charge is 0.373 e. The fourth-order valence-electron chi connectivity index (χ4n) is 1.62. The van der Waals surface area contributed by atoms with Crippen LogP contribution >= 0.6 is 11.6 Å². The first-order valence-corrected chi connectivity index (χ1v) is 6.14. The molecule has 98 valence electrons. The van der Waals surface area contributed by atoms with Gasteiger partial charge < -0.3 is 10.2 Å². The van der Waals surface area contributed by atoms with Crippen LogP contribution in [0.1, 0.15) is 12.5 Å². The Morgan fingerprint density at radius 1 is 1.61 bits per heavy atom. The molecule has 0 fully saturated rings. The summed E-state index contributed by atoms with van der Waals surface area (Å²) in [5.41, 5.74) is 1.10. The van der Waals surface area contributed by atoms with E-state index in [1.54, 1.807) is 19.3 Å². The highest BCUT2D eigenvalue weighted by molar-refractivity contribution is 6.29. The van der Waals surface area contributed by atoms with Crippen molar-refractivity contribution in [1.29, 1.82) is 0 Å². The molecule has 1 N–H and O–H groups in total. The van der Waals surface area contributed by atoms with Gasteiger partial charge in [0.1, 0.15) is 17.2 Å². The molecule has 1 rings (SSSR count). The molecule has 0 saturated heterocycles. The number of likely N-dealkylation sites (N-methyl/N-ethyl adjacent to an activating group) is 1. The summed E-state index contributed by atoms with van der Waals surface area (Å²) >= 11 is 5.73. The van der Waals surface area contributed by atoms with Crippen molar-refractivity contribution < 1.29 is 0 Å². The lowest BCUT2D eigenvalue weighted by Gasteiger charge is -2.24. The summed E-state index contributed by atoms with van der Waals surface area (Å²) < 4.78 is 0.